The third-order valence-electron chi connectivity index (χ3n) is 3.95. The van der Waals surface area contributed by atoms with Gasteiger partial charge in [0.2, 0.25) is 5.91 Å². The second-order valence-electron chi connectivity index (χ2n) is 6.08. The van der Waals surface area contributed by atoms with E-state index < -0.39 is 17.1 Å². The van der Waals surface area contributed by atoms with E-state index in [0.29, 0.717) is 12.1 Å². The molecule has 0 radical (unpaired) electrons. The van der Waals surface area contributed by atoms with Crippen molar-refractivity contribution >= 4 is 34.9 Å². The Labute approximate surface area is 160 Å². The van der Waals surface area contributed by atoms with Crippen LogP contribution < -0.4 is 5.32 Å². The predicted octanol–water partition coefficient (Wildman–Crippen LogP) is 3.49. The van der Waals surface area contributed by atoms with Gasteiger partial charge < -0.3 is 5.32 Å². The van der Waals surface area contributed by atoms with Gasteiger partial charge in [-0.3, -0.25) is 19.3 Å². The van der Waals surface area contributed by atoms with Crippen LogP contribution in [-0.4, -0.2) is 28.5 Å². The Morgan fingerprint density at radius 2 is 1.78 bits per heavy atom. The molecule has 0 aromatic heterocycles. The van der Waals surface area contributed by atoms with E-state index >= 15 is 0 Å². The lowest BCUT2D eigenvalue weighted by Crippen LogP contribution is -2.39. The minimum atomic E-state index is -0.528. The Morgan fingerprint density at radius 1 is 1.11 bits per heavy atom. The van der Waals surface area contributed by atoms with Crippen LogP contribution in [0.2, 0.25) is 0 Å². The molecule has 27 heavy (non-hydrogen) atoms. The van der Waals surface area contributed by atoms with Gasteiger partial charge in [0, 0.05) is 6.54 Å². The summed E-state index contributed by atoms with van der Waals surface area (Å²) in [5.74, 6) is -1.33. The van der Waals surface area contributed by atoms with Gasteiger partial charge in [0.15, 0.2) is 0 Å². The van der Waals surface area contributed by atoms with Gasteiger partial charge in [-0.1, -0.05) is 42.0 Å². The third kappa shape index (κ3) is 4.83. The number of aryl methyl sites for hydroxylation is 1. The lowest BCUT2D eigenvalue weighted by atomic mass is 10.1. The zero-order valence-corrected chi connectivity index (χ0v) is 15.4. The number of imide groups is 1. The maximum atomic E-state index is 13.0. The Balaban J connectivity index is 1.60. The van der Waals surface area contributed by atoms with Crippen LogP contribution in [0.3, 0.4) is 0 Å². The maximum Gasteiger partial charge on any atom is 0.294 e. The van der Waals surface area contributed by atoms with Crippen LogP contribution in [0.1, 0.15) is 16.7 Å². The fraction of sp³-hybridized carbons (Fsp3) is 0.150. The molecular formula is C20H17FN2O3S. The molecule has 0 aliphatic carbocycles. The van der Waals surface area contributed by atoms with Crippen LogP contribution in [0.4, 0.5) is 9.18 Å². The molecule has 3 amide bonds. The molecule has 2 aromatic rings. The summed E-state index contributed by atoms with van der Waals surface area (Å²) in [5, 5.41) is 2.20. The molecule has 0 atom stereocenters. The Kier molecular flexibility index (Phi) is 5.71. The number of thioether (sulfide) groups is 1. The molecule has 7 heteroatoms. The summed E-state index contributed by atoms with van der Waals surface area (Å²) in [6, 6.07) is 13.3. The van der Waals surface area contributed by atoms with Gasteiger partial charge in [-0.2, -0.15) is 0 Å². The summed E-state index contributed by atoms with van der Waals surface area (Å²) in [6.45, 7) is 1.96. The van der Waals surface area contributed by atoms with E-state index in [2.05, 4.69) is 5.32 Å². The van der Waals surface area contributed by atoms with Gasteiger partial charge in [0.25, 0.3) is 11.1 Å². The van der Waals surface area contributed by atoms with Gasteiger partial charge in [0.05, 0.1) is 4.91 Å². The lowest BCUT2D eigenvalue weighted by molar-refractivity contribution is -0.129. The van der Waals surface area contributed by atoms with E-state index in [4.69, 9.17) is 0 Å². The zero-order valence-electron chi connectivity index (χ0n) is 14.6. The van der Waals surface area contributed by atoms with Crippen LogP contribution >= 0.6 is 11.8 Å². The second-order valence-corrected chi connectivity index (χ2v) is 7.07. The largest absolute Gasteiger partial charge is 0.350 e. The summed E-state index contributed by atoms with van der Waals surface area (Å²) in [7, 11) is 0. The quantitative estimate of drug-likeness (QED) is 0.802. The number of nitrogens with zero attached hydrogens (tertiary/aromatic N) is 1. The number of nitrogens with one attached hydrogen (secondary N) is 1. The third-order valence-corrected chi connectivity index (χ3v) is 4.86. The van der Waals surface area contributed by atoms with Crippen molar-refractivity contribution in [2.45, 2.75) is 13.5 Å². The Bertz CT molecular complexity index is 908. The highest BCUT2D eigenvalue weighted by atomic mass is 32.2. The zero-order chi connectivity index (χ0) is 19.4. The Morgan fingerprint density at radius 3 is 2.44 bits per heavy atom. The second kappa shape index (κ2) is 8.18. The maximum absolute atomic E-state index is 13.0. The minimum Gasteiger partial charge on any atom is -0.350 e. The first kappa shape index (κ1) is 18.8. The first-order valence-corrected chi connectivity index (χ1v) is 9.07. The molecule has 0 spiro atoms. The first-order chi connectivity index (χ1) is 12.9. The molecule has 1 aliphatic rings. The number of hydrogen-bond donors (Lipinski definition) is 1. The lowest BCUT2D eigenvalue weighted by Gasteiger charge is -2.12. The SMILES string of the molecule is Cc1ccc(CNC(=O)CN2C(=O)S/C(=C\c3ccc(F)cc3)C2=O)cc1. The van der Waals surface area contributed by atoms with Crippen molar-refractivity contribution in [2.24, 2.45) is 0 Å². The molecule has 2 aromatic carbocycles. The van der Waals surface area contributed by atoms with Gasteiger partial charge >= 0.3 is 0 Å². The number of rotatable bonds is 5. The predicted molar refractivity (Wildman–Crippen MR) is 102 cm³/mol. The van der Waals surface area contributed by atoms with Crippen molar-refractivity contribution in [1.29, 1.82) is 0 Å². The normalized spacial score (nSPS) is 15.5. The average molecular weight is 384 g/mol. The van der Waals surface area contributed by atoms with Crippen molar-refractivity contribution in [2.75, 3.05) is 6.54 Å². The van der Waals surface area contributed by atoms with Crippen molar-refractivity contribution in [1.82, 2.24) is 10.2 Å². The highest BCUT2D eigenvalue weighted by molar-refractivity contribution is 8.18. The van der Waals surface area contributed by atoms with E-state index in [0.717, 1.165) is 27.8 Å². The van der Waals surface area contributed by atoms with E-state index in [-0.39, 0.29) is 17.3 Å². The summed E-state index contributed by atoms with van der Waals surface area (Å²) in [5.41, 5.74) is 2.65. The number of halogens is 1. The molecule has 0 saturated carbocycles. The van der Waals surface area contributed by atoms with Crippen LogP contribution in [0.5, 0.6) is 0 Å². The van der Waals surface area contributed by atoms with Gasteiger partial charge in [-0.25, -0.2) is 4.39 Å². The van der Waals surface area contributed by atoms with Gasteiger partial charge in [-0.05, 0) is 48.0 Å². The van der Waals surface area contributed by atoms with E-state index in [1.54, 1.807) is 0 Å². The molecule has 1 saturated heterocycles. The van der Waals surface area contributed by atoms with Crippen molar-refractivity contribution < 1.29 is 18.8 Å². The topological polar surface area (TPSA) is 66.5 Å². The standard InChI is InChI=1S/C20H17FN2O3S/c1-13-2-4-15(5-3-13)11-22-18(24)12-23-19(25)17(27-20(23)26)10-14-6-8-16(21)9-7-14/h2-10H,11-12H2,1H3,(H,22,24)/b17-10-. The van der Waals surface area contributed by atoms with E-state index in [9.17, 15) is 18.8 Å². The minimum absolute atomic E-state index is 0.206. The fourth-order valence-corrected chi connectivity index (χ4v) is 3.29. The highest BCUT2D eigenvalue weighted by Crippen LogP contribution is 2.31. The van der Waals surface area contributed by atoms with Crippen molar-refractivity contribution in [3.8, 4) is 0 Å². The molecule has 5 nitrogen and oxygen atoms in total. The molecule has 1 fully saturated rings. The fourth-order valence-electron chi connectivity index (χ4n) is 2.45. The van der Waals surface area contributed by atoms with E-state index in [1.807, 2.05) is 31.2 Å². The Hall–Kier alpha value is -2.93. The summed E-state index contributed by atoms with van der Waals surface area (Å²) in [6.07, 6.45) is 1.51. The van der Waals surface area contributed by atoms with Crippen LogP contribution in [0.15, 0.2) is 53.4 Å². The van der Waals surface area contributed by atoms with Crippen molar-refractivity contribution in [3.63, 3.8) is 0 Å². The molecule has 1 aliphatic heterocycles. The van der Waals surface area contributed by atoms with Gasteiger partial charge in [-0.15, -0.1) is 0 Å². The average Bonchev–Trinajstić information content (AvgIpc) is 2.90. The number of carbonyl (C=O) groups is 3. The van der Waals surface area contributed by atoms with Crippen LogP contribution in [0, 0.1) is 12.7 Å². The number of amides is 3. The molecular weight excluding hydrogens is 367 g/mol. The smallest absolute Gasteiger partial charge is 0.294 e. The van der Waals surface area contributed by atoms with Crippen LogP contribution in [0.25, 0.3) is 6.08 Å². The molecule has 0 bridgehead atoms. The number of hydrogen-bond acceptors (Lipinski definition) is 4. The summed E-state index contributed by atoms with van der Waals surface area (Å²) < 4.78 is 13.0. The summed E-state index contributed by atoms with van der Waals surface area (Å²) in [4.78, 5) is 37.7. The summed E-state index contributed by atoms with van der Waals surface area (Å²) >= 11 is 0.764. The number of carbonyl (C=O) groups excluding carboxylic acids is 3. The number of benzene rings is 2. The van der Waals surface area contributed by atoms with Crippen LogP contribution in [-0.2, 0) is 16.1 Å². The first-order valence-electron chi connectivity index (χ1n) is 8.25. The molecule has 138 valence electrons. The molecule has 0 unspecified atom stereocenters. The molecule has 3 rings (SSSR count). The highest BCUT2D eigenvalue weighted by Gasteiger charge is 2.36. The van der Waals surface area contributed by atoms with Crippen molar-refractivity contribution in [3.05, 3.63) is 75.9 Å². The molecule has 1 heterocycles. The monoisotopic (exact) mass is 384 g/mol. The molecule has 1 N–H and O–H groups in total. The van der Waals surface area contributed by atoms with E-state index in [1.165, 1.54) is 30.3 Å². The van der Waals surface area contributed by atoms with Gasteiger partial charge in [0.1, 0.15) is 12.4 Å².